The molecule has 1 aliphatic heterocycles. The van der Waals surface area contributed by atoms with Gasteiger partial charge in [-0.2, -0.15) is 0 Å². The molecule has 1 heterocycles. The summed E-state index contributed by atoms with van der Waals surface area (Å²) in [7, 11) is 1.66. The van der Waals surface area contributed by atoms with Crippen LogP contribution < -0.4 is 10.1 Å². The first-order valence-electron chi connectivity index (χ1n) is 11.0. The van der Waals surface area contributed by atoms with Crippen molar-refractivity contribution in [1.29, 1.82) is 0 Å². The van der Waals surface area contributed by atoms with Crippen LogP contribution in [-0.4, -0.2) is 54.9 Å². The summed E-state index contributed by atoms with van der Waals surface area (Å²) in [5, 5.41) is 3.11. The van der Waals surface area contributed by atoms with Crippen molar-refractivity contribution in [3.63, 3.8) is 0 Å². The van der Waals surface area contributed by atoms with E-state index in [9.17, 15) is 9.59 Å². The number of nitrogens with one attached hydrogen (secondary N) is 1. The number of likely N-dealkylation sites (tertiary alicyclic amines) is 1. The zero-order chi connectivity index (χ0) is 22.2. The van der Waals surface area contributed by atoms with Gasteiger partial charge in [0.1, 0.15) is 5.75 Å². The number of carbonyl (C=O) groups is 2. The van der Waals surface area contributed by atoms with Crippen LogP contribution in [0, 0.1) is 5.92 Å². The van der Waals surface area contributed by atoms with Gasteiger partial charge in [-0.15, -0.1) is 0 Å². The lowest BCUT2D eigenvalue weighted by Crippen LogP contribution is -2.40. The number of amides is 2. The van der Waals surface area contributed by atoms with Gasteiger partial charge in [-0.25, -0.2) is 0 Å². The quantitative estimate of drug-likeness (QED) is 0.637. The number of likely N-dealkylation sites (N-methyl/N-ethyl adjacent to an activating group) is 1. The summed E-state index contributed by atoms with van der Waals surface area (Å²) >= 11 is 0. The van der Waals surface area contributed by atoms with Crippen molar-refractivity contribution in [2.45, 2.75) is 32.9 Å². The molecule has 2 atom stereocenters. The number of benzene rings is 2. The lowest BCUT2D eigenvalue weighted by atomic mass is 10.0. The predicted molar refractivity (Wildman–Crippen MR) is 122 cm³/mol. The van der Waals surface area contributed by atoms with E-state index in [-0.39, 0.29) is 30.2 Å². The molecule has 0 aromatic heterocycles. The van der Waals surface area contributed by atoms with E-state index in [0.29, 0.717) is 19.6 Å². The number of hydrogen-bond acceptors (Lipinski definition) is 4. The van der Waals surface area contributed by atoms with E-state index < -0.39 is 0 Å². The van der Waals surface area contributed by atoms with E-state index in [0.717, 1.165) is 30.0 Å². The third-order valence-electron chi connectivity index (χ3n) is 6.00. The highest BCUT2D eigenvalue weighted by Gasteiger charge is 2.34. The van der Waals surface area contributed by atoms with Gasteiger partial charge in [0.25, 0.3) is 0 Å². The Hall–Kier alpha value is -2.86. The van der Waals surface area contributed by atoms with Crippen LogP contribution >= 0.6 is 0 Å². The minimum absolute atomic E-state index is 0.0390. The molecule has 1 saturated heterocycles. The molecule has 6 nitrogen and oxygen atoms in total. The van der Waals surface area contributed by atoms with Crippen molar-refractivity contribution in [2.24, 2.45) is 5.92 Å². The van der Waals surface area contributed by atoms with Crippen LogP contribution in [0.1, 0.15) is 37.4 Å². The van der Waals surface area contributed by atoms with Gasteiger partial charge in [-0.1, -0.05) is 56.3 Å². The molecule has 1 N–H and O–H groups in total. The van der Waals surface area contributed by atoms with Crippen LogP contribution in [0.5, 0.6) is 5.75 Å². The SMILES string of the molecule is CCN(CC)C(CNC(=O)C1CC(=O)N(Cc2ccccc2)C1)c1cccc(OC)c1. The van der Waals surface area contributed by atoms with E-state index in [1.54, 1.807) is 12.0 Å². The standard InChI is InChI=1S/C25H33N3O3/c1-4-27(5-2)23(20-12-9-13-22(14-20)31-3)16-26-25(30)21-15-24(29)28(18-21)17-19-10-7-6-8-11-19/h6-14,21,23H,4-5,15-18H2,1-3H3,(H,26,30). The largest absolute Gasteiger partial charge is 0.497 e. The number of rotatable bonds is 10. The third kappa shape index (κ3) is 5.85. The molecule has 0 radical (unpaired) electrons. The van der Waals surface area contributed by atoms with Crippen LogP contribution in [-0.2, 0) is 16.1 Å². The van der Waals surface area contributed by atoms with E-state index in [1.165, 1.54) is 0 Å². The summed E-state index contributed by atoms with van der Waals surface area (Å²) in [4.78, 5) is 29.5. The molecule has 166 valence electrons. The van der Waals surface area contributed by atoms with Crippen LogP contribution in [0.4, 0.5) is 0 Å². The highest BCUT2D eigenvalue weighted by atomic mass is 16.5. The van der Waals surface area contributed by atoms with Gasteiger partial charge in [0.2, 0.25) is 11.8 Å². The van der Waals surface area contributed by atoms with Crippen molar-refractivity contribution in [3.05, 3.63) is 65.7 Å². The smallest absolute Gasteiger partial charge is 0.225 e. The molecule has 2 aromatic rings. The van der Waals surface area contributed by atoms with E-state index in [2.05, 4.69) is 30.1 Å². The second-order valence-corrected chi connectivity index (χ2v) is 7.92. The maximum Gasteiger partial charge on any atom is 0.225 e. The van der Waals surface area contributed by atoms with Crippen LogP contribution in [0.2, 0.25) is 0 Å². The van der Waals surface area contributed by atoms with Gasteiger partial charge < -0.3 is 15.0 Å². The molecule has 0 aliphatic carbocycles. The molecule has 0 spiro atoms. The lowest BCUT2D eigenvalue weighted by Gasteiger charge is -2.30. The molecular formula is C25H33N3O3. The topological polar surface area (TPSA) is 61.9 Å². The van der Waals surface area contributed by atoms with Crippen LogP contribution in [0.25, 0.3) is 0 Å². The maximum atomic E-state index is 12.9. The fraction of sp³-hybridized carbons (Fsp3) is 0.440. The summed E-state index contributed by atoms with van der Waals surface area (Å²) in [6.07, 6.45) is 0.272. The van der Waals surface area contributed by atoms with Crippen molar-refractivity contribution >= 4 is 11.8 Å². The van der Waals surface area contributed by atoms with Gasteiger partial charge in [-0.3, -0.25) is 14.5 Å². The predicted octanol–water partition coefficient (Wildman–Crippen LogP) is 3.24. The van der Waals surface area contributed by atoms with Crippen LogP contribution in [0.15, 0.2) is 54.6 Å². The minimum Gasteiger partial charge on any atom is -0.497 e. The highest BCUT2D eigenvalue weighted by Crippen LogP contribution is 2.25. The Morgan fingerprint density at radius 2 is 1.90 bits per heavy atom. The Kier molecular flexibility index (Phi) is 8.06. The lowest BCUT2D eigenvalue weighted by molar-refractivity contribution is -0.129. The van der Waals surface area contributed by atoms with E-state index in [1.807, 2.05) is 48.5 Å². The fourth-order valence-corrected chi connectivity index (χ4v) is 4.22. The Balaban J connectivity index is 1.63. The molecular weight excluding hydrogens is 390 g/mol. The van der Waals surface area contributed by atoms with Crippen molar-refractivity contribution in [2.75, 3.05) is 33.3 Å². The van der Waals surface area contributed by atoms with Gasteiger partial charge >= 0.3 is 0 Å². The molecule has 1 fully saturated rings. The number of ether oxygens (including phenoxy) is 1. The second kappa shape index (κ2) is 11.0. The molecule has 3 rings (SSSR count). The van der Waals surface area contributed by atoms with Crippen molar-refractivity contribution in [3.8, 4) is 5.75 Å². The Labute approximate surface area is 185 Å². The number of hydrogen-bond donors (Lipinski definition) is 1. The summed E-state index contributed by atoms with van der Waals surface area (Å²) in [6.45, 7) is 7.51. The Morgan fingerprint density at radius 1 is 1.16 bits per heavy atom. The summed E-state index contributed by atoms with van der Waals surface area (Å²) < 4.78 is 5.38. The van der Waals surface area contributed by atoms with Gasteiger partial charge in [0.05, 0.1) is 19.1 Å². The average Bonchev–Trinajstić information content (AvgIpc) is 3.17. The number of nitrogens with zero attached hydrogens (tertiary/aromatic N) is 2. The van der Waals surface area contributed by atoms with E-state index in [4.69, 9.17) is 4.74 Å². The Morgan fingerprint density at radius 3 is 2.58 bits per heavy atom. The zero-order valence-corrected chi connectivity index (χ0v) is 18.7. The molecule has 2 unspecified atom stereocenters. The molecule has 0 bridgehead atoms. The first-order chi connectivity index (χ1) is 15.0. The highest BCUT2D eigenvalue weighted by molar-refractivity contribution is 5.89. The molecule has 2 amide bonds. The minimum atomic E-state index is -0.307. The average molecular weight is 424 g/mol. The van der Waals surface area contributed by atoms with Gasteiger partial charge in [0, 0.05) is 26.1 Å². The van der Waals surface area contributed by atoms with Crippen molar-refractivity contribution in [1.82, 2.24) is 15.1 Å². The second-order valence-electron chi connectivity index (χ2n) is 7.92. The fourth-order valence-electron chi connectivity index (χ4n) is 4.22. The third-order valence-corrected chi connectivity index (χ3v) is 6.00. The maximum absolute atomic E-state index is 12.9. The van der Waals surface area contributed by atoms with Gasteiger partial charge in [0.15, 0.2) is 0 Å². The molecule has 0 saturated carbocycles. The van der Waals surface area contributed by atoms with Crippen LogP contribution in [0.3, 0.4) is 0 Å². The summed E-state index contributed by atoms with van der Waals surface area (Å²) in [5.74, 6) is 0.485. The molecule has 6 heteroatoms. The zero-order valence-electron chi connectivity index (χ0n) is 18.7. The number of methoxy groups -OCH3 is 1. The van der Waals surface area contributed by atoms with Gasteiger partial charge in [-0.05, 0) is 36.3 Å². The normalized spacial score (nSPS) is 17.1. The first-order valence-corrected chi connectivity index (χ1v) is 11.0. The monoisotopic (exact) mass is 423 g/mol. The van der Waals surface area contributed by atoms with E-state index >= 15 is 0 Å². The Bertz CT molecular complexity index is 867. The molecule has 31 heavy (non-hydrogen) atoms. The molecule has 2 aromatic carbocycles. The summed E-state index contributed by atoms with van der Waals surface area (Å²) in [6, 6.07) is 17.9. The first kappa shape index (κ1) is 22.8. The number of carbonyl (C=O) groups excluding carboxylic acids is 2. The molecule has 1 aliphatic rings. The van der Waals surface area contributed by atoms with Crippen molar-refractivity contribution < 1.29 is 14.3 Å². The summed E-state index contributed by atoms with van der Waals surface area (Å²) in [5.41, 5.74) is 2.19.